The normalized spacial score (nSPS) is 13.1. The lowest BCUT2D eigenvalue weighted by Gasteiger charge is -2.18. The molecule has 9 heteroatoms. The van der Waals surface area contributed by atoms with Crippen LogP contribution in [0.1, 0.15) is 181 Å². The second-order valence-electron chi connectivity index (χ2n) is 13.6. The Bertz CT molecular complexity index is 1030. The fourth-order valence-corrected chi connectivity index (χ4v) is 5.84. The first-order valence-electron chi connectivity index (χ1n) is 20.6. The minimum atomic E-state index is -4.76. The summed E-state index contributed by atoms with van der Waals surface area (Å²) in [6, 6.07) is 0. The number of hydrogen-bond acceptors (Lipinski definition) is 6. The molecule has 2 N–H and O–H groups in total. The van der Waals surface area contributed by atoms with Crippen LogP contribution in [0.2, 0.25) is 0 Å². The van der Waals surface area contributed by atoms with Gasteiger partial charge in [-0.2, -0.15) is 0 Å². The predicted octanol–water partition coefficient (Wildman–Crippen LogP) is 12.5. The third kappa shape index (κ3) is 40.5. The third-order valence-electron chi connectivity index (χ3n) is 8.52. The molecule has 0 aliphatic carbocycles. The zero-order valence-corrected chi connectivity index (χ0v) is 33.8. The molecule has 0 unspecified atom stereocenters. The maximum absolute atomic E-state index is 12.4. The molecule has 0 aliphatic heterocycles. The van der Waals surface area contributed by atoms with Crippen LogP contribution in [0.5, 0.6) is 0 Å². The van der Waals surface area contributed by atoms with Gasteiger partial charge in [-0.15, -0.1) is 0 Å². The molecule has 52 heavy (non-hydrogen) atoms. The van der Waals surface area contributed by atoms with Crippen molar-refractivity contribution in [2.75, 3.05) is 13.2 Å². The maximum atomic E-state index is 12.4. The van der Waals surface area contributed by atoms with Crippen molar-refractivity contribution in [1.29, 1.82) is 0 Å². The highest BCUT2D eigenvalue weighted by Crippen LogP contribution is 2.36. The van der Waals surface area contributed by atoms with Crippen LogP contribution in [0, 0.1) is 0 Å². The van der Waals surface area contributed by atoms with E-state index in [-0.39, 0.29) is 19.4 Å². The average molecular weight is 751 g/mol. The van der Waals surface area contributed by atoms with E-state index in [1.807, 2.05) is 0 Å². The number of ether oxygens (including phenoxy) is 2. The number of allylic oxidation sites excluding steroid dienone is 10. The molecule has 300 valence electrons. The Hall–Kier alpha value is -2.25. The molecule has 0 aliphatic rings. The van der Waals surface area contributed by atoms with Gasteiger partial charge in [-0.1, -0.05) is 152 Å². The maximum Gasteiger partial charge on any atom is 0.469 e. The van der Waals surface area contributed by atoms with Crippen LogP contribution in [0.3, 0.4) is 0 Å². The molecule has 0 radical (unpaired) electrons. The topological polar surface area (TPSA) is 119 Å². The van der Waals surface area contributed by atoms with Gasteiger partial charge >= 0.3 is 19.8 Å². The SMILES string of the molecule is CC/C=C\C/C=C\C/C=C\C/C=C\CCCCCCC(=O)O[C@H](COC(=O)CCCCCCCCC/C=C\CCCCCCCC)COP(=O)(O)O. The molecule has 8 nitrogen and oxygen atoms in total. The number of esters is 2. The number of unbranched alkanes of at least 4 members (excludes halogenated alkanes) is 17. The van der Waals surface area contributed by atoms with E-state index in [9.17, 15) is 14.2 Å². The number of phosphoric acid groups is 1. The summed E-state index contributed by atoms with van der Waals surface area (Å²) < 4.78 is 26.4. The van der Waals surface area contributed by atoms with Crippen molar-refractivity contribution in [3.05, 3.63) is 60.8 Å². The second-order valence-corrected chi connectivity index (χ2v) is 14.8. The van der Waals surface area contributed by atoms with E-state index in [0.717, 1.165) is 77.0 Å². The molecule has 0 saturated heterocycles. The van der Waals surface area contributed by atoms with Gasteiger partial charge in [-0.25, -0.2) is 4.57 Å². The highest BCUT2D eigenvalue weighted by atomic mass is 31.2. The Morgan fingerprint density at radius 1 is 0.519 bits per heavy atom. The molecule has 0 fully saturated rings. The summed E-state index contributed by atoms with van der Waals surface area (Å²) in [4.78, 5) is 42.8. The number of hydrogen-bond donors (Lipinski definition) is 2. The summed E-state index contributed by atoms with van der Waals surface area (Å²) in [5.74, 6) is -0.920. The summed E-state index contributed by atoms with van der Waals surface area (Å²) in [5.41, 5.74) is 0. The quantitative estimate of drug-likeness (QED) is 0.0279. The van der Waals surface area contributed by atoms with Crippen LogP contribution < -0.4 is 0 Å². The minimum Gasteiger partial charge on any atom is -0.462 e. The smallest absolute Gasteiger partial charge is 0.462 e. The van der Waals surface area contributed by atoms with Gasteiger partial charge in [0.15, 0.2) is 6.10 Å². The fourth-order valence-electron chi connectivity index (χ4n) is 5.48. The van der Waals surface area contributed by atoms with Crippen molar-refractivity contribution in [3.8, 4) is 0 Å². The number of rotatable bonds is 37. The summed E-state index contributed by atoms with van der Waals surface area (Å²) in [5, 5.41) is 0. The summed E-state index contributed by atoms with van der Waals surface area (Å²) in [6.45, 7) is 3.54. The monoisotopic (exact) mass is 751 g/mol. The van der Waals surface area contributed by atoms with Gasteiger partial charge in [-0.05, 0) is 77.0 Å². The Kier molecular flexibility index (Phi) is 36.8. The molecule has 0 rings (SSSR count). The highest BCUT2D eigenvalue weighted by molar-refractivity contribution is 7.46. The van der Waals surface area contributed by atoms with Gasteiger partial charge in [0.1, 0.15) is 6.61 Å². The first-order valence-corrected chi connectivity index (χ1v) is 22.1. The van der Waals surface area contributed by atoms with E-state index in [4.69, 9.17) is 19.3 Å². The standard InChI is InChI=1S/C43H75O8P/c1-3-5-7-9-11-13-15-17-19-21-23-25-27-29-31-33-35-37-42(44)49-39-41(40-50-52(46,47)48)51-43(45)38-36-34-32-30-28-26-24-22-20-18-16-14-12-10-8-6-4-2/h6,8,12,14,17-20,24,26,41H,3-5,7,9-11,13,15-16,21-23,25,27-40H2,1-2H3,(H2,46,47,48)/b8-6-,14-12-,19-17-,20-18-,26-24-/t41-/m1/s1. The van der Waals surface area contributed by atoms with E-state index in [0.29, 0.717) is 12.8 Å². The van der Waals surface area contributed by atoms with Crippen LogP contribution in [0.15, 0.2) is 60.8 Å². The van der Waals surface area contributed by atoms with Crippen molar-refractivity contribution in [2.24, 2.45) is 0 Å². The van der Waals surface area contributed by atoms with Gasteiger partial charge < -0.3 is 19.3 Å². The van der Waals surface area contributed by atoms with Gasteiger partial charge in [0.25, 0.3) is 0 Å². The number of carbonyl (C=O) groups is 2. The highest BCUT2D eigenvalue weighted by Gasteiger charge is 2.22. The van der Waals surface area contributed by atoms with Crippen LogP contribution in [-0.4, -0.2) is 41.0 Å². The Balaban J connectivity index is 3.99. The van der Waals surface area contributed by atoms with Gasteiger partial charge in [0.05, 0.1) is 6.61 Å². The van der Waals surface area contributed by atoms with E-state index in [1.54, 1.807) is 0 Å². The van der Waals surface area contributed by atoms with Gasteiger partial charge in [-0.3, -0.25) is 14.1 Å². The zero-order valence-electron chi connectivity index (χ0n) is 32.9. The molecule has 0 bridgehead atoms. The van der Waals surface area contributed by atoms with Gasteiger partial charge in [0, 0.05) is 12.8 Å². The summed E-state index contributed by atoms with van der Waals surface area (Å²) in [7, 11) is -4.76. The largest absolute Gasteiger partial charge is 0.469 e. The molecule has 0 spiro atoms. The zero-order chi connectivity index (χ0) is 38.2. The van der Waals surface area contributed by atoms with E-state index < -0.39 is 32.5 Å². The van der Waals surface area contributed by atoms with E-state index >= 15 is 0 Å². The van der Waals surface area contributed by atoms with E-state index in [2.05, 4.69) is 79.1 Å². The molecule has 0 aromatic rings. The molecular weight excluding hydrogens is 675 g/mol. The first kappa shape index (κ1) is 49.8. The number of phosphoric ester groups is 1. The molecular formula is C43H75O8P. The molecule has 0 aromatic carbocycles. The van der Waals surface area contributed by atoms with Crippen molar-refractivity contribution in [2.45, 2.75) is 187 Å². The van der Waals surface area contributed by atoms with Gasteiger partial charge in [0.2, 0.25) is 0 Å². The summed E-state index contributed by atoms with van der Waals surface area (Å²) >= 11 is 0. The summed E-state index contributed by atoms with van der Waals surface area (Å²) in [6.07, 6.45) is 47.9. The predicted molar refractivity (Wildman–Crippen MR) is 216 cm³/mol. The third-order valence-corrected chi connectivity index (χ3v) is 9.01. The minimum absolute atomic E-state index is 0.181. The lowest BCUT2D eigenvalue weighted by molar-refractivity contribution is -0.161. The van der Waals surface area contributed by atoms with E-state index in [1.165, 1.54) is 64.2 Å². The molecule has 0 aromatic heterocycles. The van der Waals surface area contributed by atoms with Crippen LogP contribution in [0.25, 0.3) is 0 Å². The Morgan fingerprint density at radius 2 is 0.923 bits per heavy atom. The number of carbonyl (C=O) groups excluding carboxylic acids is 2. The fraction of sp³-hybridized carbons (Fsp3) is 0.721. The average Bonchev–Trinajstić information content (AvgIpc) is 3.11. The van der Waals surface area contributed by atoms with Crippen molar-refractivity contribution in [1.82, 2.24) is 0 Å². The molecule has 1 atom stereocenters. The lowest BCUT2D eigenvalue weighted by atomic mass is 10.1. The van der Waals surface area contributed by atoms with Crippen LogP contribution >= 0.6 is 7.82 Å². The Morgan fingerprint density at radius 3 is 1.40 bits per heavy atom. The second kappa shape index (κ2) is 38.5. The van der Waals surface area contributed by atoms with Crippen molar-refractivity contribution >= 4 is 19.8 Å². The first-order chi connectivity index (χ1) is 25.3. The van der Waals surface area contributed by atoms with Crippen LogP contribution in [0.4, 0.5) is 0 Å². The molecule has 0 amide bonds. The Labute approximate surface area is 317 Å². The molecule has 0 heterocycles. The molecule has 0 saturated carbocycles. The van der Waals surface area contributed by atoms with Crippen molar-refractivity contribution < 1.29 is 37.9 Å². The van der Waals surface area contributed by atoms with Crippen molar-refractivity contribution in [3.63, 3.8) is 0 Å². The van der Waals surface area contributed by atoms with Crippen LogP contribution in [-0.2, 0) is 28.2 Å². The lowest BCUT2D eigenvalue weighted by Crippen LogP contribution is -2.29.